The number of nitrogens with one attached hydrogen (secondary N) is 1. The van der Waals surface area contributed by atoms with Gasteiger partial charge in [0.2, 0.25) is 17.6 Å². The highest BCUT2D eigenvalue weighted by molar-refractivity contribution is 5.76. The summed E-state index contributed by atoms with van der Waals surface area (Å²) in [7, 11) is 0. The van der Waals surface area contributed by atoms with Gasteiger partial charge in [-0.2, -0.15) is 4.98 Å². The Morgan fingerprint density at radius 2 is 1.97 bits per heavy atom. The monoisotopic (exact) mass is 408 g/mol. The molecule has 0 saturated heterocycles. The van der Waals surface area contributed by atoms with Gasteiger partial charge in [0.25, 0.3) is 5.56 Å². The third kappa shape index (κ3) is 5.23. The Morgan fingerprint density at radius 1 is 1.20 bits per heavy atom. The average molecular weight is 409 g/mol. The highest BCUT2D eigenvalue weighted by atomic mass is 16.5. The first-order chi connectivity index (χ1) is 14.5. The molecular weight excluding hydrogens is 380 g/mol. The van der Waals surface area contributed by atoms with Crippen molar-refractivity contribution < 1.29 is 9.32 Å². The zero-order valence-electron chi connectivity index (χ0n) is 17.7. The van der Waals surface area contributed by atoms with E-state index in [2.05, 4.69) is 15.5 Å². The summed E-state index contributed by atoms with van der Waals surface area (Å²) >= 11 is 0. The van der Waals surface area contributed by atoms with Crippen molar-refractivity contribution in [3.63, 3.8) is 0 Å². The summed E-state index contributed by atoms with van der Waals surface area (Å²) in [6, 6.07) is 13.4. The predicted molar refractivity (Wildman–Crippen MR) is 115 cm³/mol. The predicted octanol–water partition coefficient (Wildman–Crippen LogP) is 3.82. The number of rotatable bonds is 9. The summed E-state index contributed by atoms with van der Waals surface area (Å²) in [6.45, 7) is 6.55. The number of carbonyl (C=O) groups excluding carboxylic acids is 1. The number of aryl methyl sites for hydroxylation is 2. The Balaban J connectivity index is 1.56. The molecule has 0 radical (unpaired) electrons. The van der Waals surface area contributed by atoms with Crippen LogP contribution in [0.4, 0.5) is 0 Å². The molecule has 7 heteroatoms. The minimum Gasteiger partial charge on any atom is -0.350 e. The van der Waals surface area contributed by atoms with Crippen LogP contribution < -0.4 is 10.9 Å². The van der Waals surface area contributed by atoms with Gasteiger partial charge in [-0.25, -0.2) is 0 Å². The van der Waals surface area contributed by atoms with E-state index in [-0.39, 0.29) is 17.5 Å². The van der Waals surface area contributed by atoms with Gasteiger partial charge in [-0.15, -0.1) is 0 Å². The van der Waals surface area contributed by atoms with Crippen molar-refractivity contribution in [3.8, 4) is 11.4 Å². The standard InChI is InChI=1S/C23H28N4O3/c1-4-15-27-16(2)13-14-19(23(27)29)22-25-21(30-26-22)12-8-11-20(28)24-17(3)18-9-6-5-7-10-18/h5-7,9-10,13-14,17H,4,8,11-12,15H2,1-3H3,(H,24,28)/t17-/m0/s1. The summed E-state index contributed by atoms with van der Waals surface area (Å²) in [5.74, 6) is 0.699. The van der Waals surface area contributed by atoms with Crippen LogP contribution in [0.3, 0.4) is 0 Å². The van der Waals surface area contributed by atoms with E-state index in [1.165, 1.54) is 0 Å². The van der Waals surface area contributed by atoms with Crippen molar-refractivity contribution in [1.29, 1.82) is 0 Å². The fraction of sp³-hybridized carbons (Fsp3) is 0.391. The first-order valence-corrected chi connectivity index (χ1v) is 10.4. The molecule has 0 saturated carbocycles. The third-order valence-electron chi connectivity index (χ3n) is 5.02. The normalized spacial score (nSPS) is 12.0. The van der Waals surface area contributed by atoms with E-state index in [0.717, 1.165) is 17.7 Å². The van der Waals surface area contributed by atoms with Gasteiger partial charge in [-0.05, 0) is 44.4 Å². The molecule has 0 aliphatic heterocycles. The first-order valence-electron chi connectivity index (χ1n) is 10.4. The Hall–Kier alpha value is -3.22. The van der Waals surface area contributed by atoms with Gasteiger partial charge in [-0.3, -0.25) is 9.59 Å². The van der Waals surface area contributed by atoms with Gasteiger partial charge >= 0.3 is 0 Å². The van der Waals surface area contributed by atoms with Crippen LogP contribution in [0.25, 0.3) is 11.4 Å². The first kappa shape index (κ1) is 21.5. The molecule has 0 aliphatic rings. The second-order valence-electron chi connectivity index (χ2n) is 7.41. The maximum atomic E-state index is 12.7. The second-order valence-corrected chi connectivity index (χ2v) is 7.41. The lowest BCUT2D eigenvalue weighted by Gasteiger charge is -2.13. The highest BCUT2D eigenvalue weighted by Gasteiger charge is 2.15. The lowest BCUT2D eigenvalue weighted by Crippen LogP contribution is -2.26. The van der Waals surface area contributed by atoms with Crippen LogP contribution in [0.2, 0.25) is 0 Å². The van der Waals surface area contributed by atoms with Gasteiger partial charge in [0.15, 0.2) is 0 Å². The molecule has 0 fully saturated rings. The molecule has 3 rings (SSSR count). The maximum Gasteiger partial charge on any atom is 0.261 e. The van der Waals surface area contributed by atoms with E-state index < -0.39 is 0 Å². The molecule has 0 unspecified atom stereocenters. The smallest absolute Gasteiger partial charge is 0.261 e. The van der Waals surface area contributed by atoms with E-state index in [1.54, 1.807) is 10.6 Å². The zero-order chi connectivity index (χ0) is 21.5. The van der Waals surface area contributed by atoms with Gasteiger partial charge in [-0.1, -0.05) is 42.4 Å². The number of hydrogen-bond donors (Lipinski definition) is 1. The topological polar surface area (TPSA) is 90.0 Å². The van der Waals surface area contributed by atoms with Crippen LogP contribution in [0.15, 0.2) is 51.8 Å². The number of pyridine rings is 1. The molecule has 0 spiro atoms. The van der Waals surface area contributed by atoms with Crippen LogP contribution in [0.5, 0.6) is 0 Å². The molecule has 1 amide bonds. The lowest BCUT2D eigenvalue weighted by atomic mass is 10.1. The zero-order valence-corrected chi connectivity index (χ0v) is 17.7. The fourth-order valence-electron chi connectivity index (χ4n) is 3.35. The summed E-state index contributed by atoms with van der Waals surface area (Å²) in [6.07, 6.45) is 2.30. The van der Waals surface area contributed by atoms with E-state index in [1.807, 2.05) is 57.2 Å². The lowest BCUT2D eigenvalue weighted by molar-refractivity contribution is -0.121. The summed E-state index contributed by atoms with van der Waals surface area (Å²) in [4.78, 5) is 29.3. The maximum absolute atomic E-state index is 12.7. The van der Waals surface area contributed by atoms with E-state index in [0.29, 0.717) is 43.1 Å². The molecule has 1 atom stereocenters. The van der Waals surface area contributed by atoms with Crippen LogP contribution in [-0.4, -0.2) is 20.6 Å². The molecule has 2 heterocycles. The third-order valence-corrected chi connectivity index (χ3v) is 5.02. The van der Waals surface area contributed by atoms with Crippen molar-refractivity contribution in [2.45, 2.75) is 59.0 Å². The summed E-state index contributed by atoms with van der Waals surface area (Å²) < 4.78 is 7.02. The molecule has 0 aliphatic carbocycles. The molecule has 1 N–H and O–H groups in total. The Kier molecular flexibility index (Phi) is 7.17. The number of benzene rings is 1. The second kappa shape index (κ2) is 10.0. The van der Waals surface area contributed by atoms with E-state index in [4.69, 9.17) is 4.52 Å². The van der Waals surface area contributed by atoms with Crippen LogP contribution in [0.1, 0.15) is 56.3 Å². The minimum atomic E-state index is -0.113. The largest absolute Gasteiger partial charge is 0.350 e. The van der Waals surface area contributed by atoms with Crippen LogP contribution in [-0.2, 0) is 17.8 Å². The number of aromatic nitrogens is 3. The van der Waals surface area contributed by atoms with Gasteiger partial charge in [0.1, 0.15) is 0 Å². The molecule has 3 aromatic rings. The van der Waals surface area contributed by atoms with E-state index in [9.17, 15) is 9.59 Å². The van der Waals surface area contributed by atoms with Gasteiger partial charge < -0.3 is 14.4 Å². The Labute approximate surface area is 176 Å². The van der Waals surface area contributed by atoms with Crippen LogP contribution in [0, 0.1) is 6.92 Å². The number of hydrogen-bond acceptors (Lipinski definition) is 5. The van der Waals surface area contributed by atoms with Gasteiger partial charge in [0, 0.05) is 25.1 Å². The molecule has 30 heavy (non-hydrogen) atoms. The highest BCUT2D eigenvalue weighted by Crippen LogP contribution is 2.15. The van der Waals surface area contributed by atoms with Crippen molar-refractivity contribution in [1.82, 2.24) is 20.0 Å². The van der Waals surface area contributed by atoms with E-state index >= 15 is 0 Å². The average Bonchev–Trinajstić information content (AvgIpc) is 3.20. The van der Waals surface area contributed by atoms with Crippen LogP contribution >= 0.6 is 0 Å². The summed E-state index contributed by atoms with van der Waals surface area (Å²) in [5, 5.41) is 6.96. The SMILES string of the molecule is CCCn1c(C)ccc(-c2noc(CCCC(=O)N[C@@H](C)c3ccccc3)n2)c1=O. The van der Waals surface area contributed by atoms with Crippen molar-refractivity contribution in [3.05, 3.63) is 70.0 Å². The molecule has 158 valence electrons. The Morgan fingerprint density at radius 3 is 2.70 bits per heavy atom. The Bertz CT molecular complexity index is 1040. The van der Waals surface area contributed by atoms with Gasteiger partial charge in [0.05, 0.1) is 11.6 Å². The quantitative estimate of drug-likeness (QED) is 0.581. The van der Waals surface area contributed by atoms with Crippen molar-refractivity contribution >= 4 is 5.91 Å². The molecule has 7 nitrogen and oxygen atoms in total. The molecule has 2 aromatic heterocycles. The summed E-state index contributed by atoms with van der Waals surface area (Å²) in [5.41, 5.74) is 2.29. The number of carbonyl (C=O) groups is 1. The molecular formula is C23H28N4O3. The minimum absolute atomic E-state index is 0.0212. The molecule has 0 bridgehead atoms. The number of amides is 1. The van der Waals surface area contributed by atoms with Crippen molar-refractivity contribution in [2.24, 2.45) is 0 Å². The molecule has 1 aromatic carbocycles. The van der Waals surface area contributed by atoms with Crippen molar-refractivity contribution in [2.75, 3.05) is 0 Å². The fourth-order valence-corrected chi connectivity index (χ4v) is 3.35. The number of nitrogens with zero attached hydrogens (tertiary/aromatic N) is 3.